The maximum atomic E-state index is 12.2. The average Bonchev–Trinajstić information content (AvgIpc) is 2.63. The first-order valence-electron chi connectivity index (χ1n) is 7.37. The van der Waals surface area contributed by atoms with Crippen LogP contribution in [-0.2, 0) is 4.79 Å². The molecule has 2 atom stereocenters. The van der Waals surface area contributed by atoms with Crippen LogP contribution in [0.5, 0.6) is 0 Å². The summed E-state index contributed by atoms with van der Waals surface area (Å²) in [6, 6.07) is 1.79. The molecule has 0 saturated carbocycles. The minimum atomic E-state index is 0. The van der Waals surface area contributed by atoms with Gasteiger partial charge in [-0.25, -0.2) is 0 Å². The first kappa shape index (κ1) is 16.8. The highest BCUT2D eigenvalue weighted by atomic mass is 35.5. The van der Waals surface area contributed by atoms with Gasteiger partial charge in [-0.1, -0.05) is 20.8 Å². The van der Waals surface area contributed by atoms with Crippen LogP contribution in [0.3, 0.4) is 0 Å². The molecular weight excluding hydrogens is 260 g/mol. The maximum absolute atomic E-state index is 12.2. The molecule has 2 aliphatic rings. The fraction of sp³-hybridized carbons (Fsp3) is 0.933. The lowest BCUT2D eigenvalue weighted by molar-refractivity contribution is -0.133. The van der Waals surface area contributed by atoms with Crippen molar-refractivity contribution in [2.24, 2.45) is 5.41 Å². The second-order valence-corrected chi connectivity index (χ2v) is 7.33. The van der Waals surface area contributed by atoms with Gasteiger partial charge in [0.1, 0.15) is 0 Å². The van der Waals surface area contributed by atoms with E-state index in [1.807, 2.05) is 11.9 Å². The van der Waals surface area contributed by atoms with E-state index in [2.05, 4.69) is 26.1 Å². The normalized spacial score (nSPS) is 29.8. The average molecular weight is 289 g/mol. The number of amides is 1. The molecule has 0 aromatic carbocycles. The van der Waals surface area contributed by atoms with Gasteiger partial charge in [0.2, 0.25) is 5.91 Å². The number of fused-ring (bicyclic) bond motifs is 2. The molecule has 4 heteroatoms. The molecule has 2 heterocycles. The molecule has 3 nitrogen and oxygen atoms in total. The summed E-state index contributed by atoms with van der Waals surface area (Å²) in [5.74, 6) is 0.330. The van der Waals surface area contributed by atoms with Crippen LogP contribution < -0.4 is 5.32 Å². The molecule has 2 bridgehead atoms. The smallest absolute Gasteiger partial charge is 0.222 e. The number of hydrogen-bond acceptors (Lipinski definition) is 2. The number of carbonyl (C=O) groups excluding carboxylic acids is 1. The molecule has 1 N–H and O–H groups in total. The zero-order valence-electron chi connectivity index (χ0n) is 12.7. The van der Waals surface area contributed by atoms with Crippen LogP contribution in [0.1, 0.15) is 59.3 Å². The highest BCUT2D eigenvalue weighted by Crippen LogP contribution is 2.30. The zero-order chi connectivity index (χ0) is 13.3. The molecule has 2 unspecified atom stereocenters. The summed E-state index contributed by atoms with van der Waals surface area (Å²) in [7, 11) is 2.00. The molecular formula is C15H29ClN2O. The number of nitrogens with one attached hydrogen (secondary N) is 1. The van der Waals surface area contributed by atoms with Gasteiger partial charge in [-0.3, -0.25) is 4.79 Å². The SMILES string of the molecule is CN(C(=O)CCC(C)(C)C)C1CC2CCC(C1)N2.Cl. The predicted molar refractivity (Wildman–Crippen MR) is 81.7 cm³/mol. The van der Waals surface area contributed by atoms with Crippen molar-refractivity contribution >= 4 is 18.3 Å². The van der Waals surface area contributed by atoms with Gasteiger partial charge in [-0.15, -0.1) is 12.4 Å². The van der Waals surface area contributed by atoms with E-state index in [1.165, 1.54) is 12.8 Å². The van der Waals surface area contributed by atoms with Gasteiger partial charge in [0, 0.05) is 31.6 Å². The van der Waals surface area contributed by atoms with Crippen molar-refractivity contribution in [3.05, 3.63) is 0 Å². The second kappa shape index (κ2) is 6.45. The summed E-state index contributed by atoms with van der Waals surface area (Å²) in [5.41, 5.74) is 0.254. The molecule has 2 fully saturated rings. The van der Waals surface area contributed by atoms with Crippen LogP contribution in [0.25, 0.3) is 0 Å². The summed E-state index contributed by atoms with van der Waals surface area (Å²) in [5, 5.41) is 3.63. The van der Waals surface area contributed by atoms with Crippen molar-refractivity contribution in [1.29, 1.82) is 0 Å². The molecule has 2 aliphatic heterocycles. The Bertz CT molecular complexity index is 302. The van der Waals surface area contributed by atoms with Crippen molar-refractivity contribution < 1.29 is 4.79 Å². The lowest BCUT2D eigenvalue weighted by Gasteiger charge is -2.36. The molecule has 0 spiro atoms. The number of hydrogen-bond donors (Lipinski definition) is 1. The van der Waals surface area contributed by atoms with E-state index in [4.69, 9.17) is 0 Å². The topological polar surface area (TPSA) is 32.3 Å². The Balaban J connectivity index is 0.00000180. The van der Waals surface area contributed by atoms with Crippen LogP contribution in [0.15, 0.2) is 0 Å². The van der Waals surface area contributed by atoms with Crippen LogP contribution in [0.2, 0.25) is 0 Å². The van der Waals surface area contributed by atoms with Gasteiger partial charge in [-0.05, 0) is 37.5 Å². The standard InChI is InChI=1S/C15H28N2O.ClH/c1-15(2,3)8-7-14(18)17(4)13-9-11-5-6-12(10-13)16-11;/h11-13,16H,5-10H2,1-4H3;1H. The molecule has 0 aromatic heterocycles. The lowest BCUT2D eigenvalue weighted by atomic mass is 9.90. The number of piperidine rings is 1. The van der Waals surface area contributed by atoms with Crippen LogP contribution >= 0.6 is 12.4 Å². The number of nitrogens with zero attached hydrogens (tertiary/aromatic N) is 1. The van der Waals surface area contributed by atoms with Crippen molar-refractivity contribution in [2.75, 3.05) is 7.05 Å². The van der Waals surface area contributed by atoms with Gasteiger partial charge in [-0.2, -0.15) is 0 Å². The van der Waals surface area contributed by atoms with Crippen LogP contribution in [0, 0.1) is 5.41 Å². The Labute approximate surface area is 123 Å². The van der Waals surface area contributed by atoms with Gasteiger partial charge in [0.05, 0.1) is 0 Å². The molecule has 2 rings (SSSR count). The lowest BCUT2D eigenvalue weighted by Crippen LogP contribution is -2.48. The van der Waals surface area contributed by atoms with E-state index in [1.54, 1.807) is 0 Å². The van der Waals surface area contributed by atoms with Crippen molar-refractivity contribution in [2.45, 2.75) is 77.4 Å². The van der Waals surface area contributed by atoms with Crippen LogP contribution in [-0.4, -0.2) is 36.0 Å². The second-order valence-electron chi connectivity index (χ2n) is 7.33. The van der Waals surface area contributed by atoms with E-state index in [-0.39, 0.29) is 17.8 Å². The number of carbonyl (C=O) groups is 1. The number of halogens is 1. The molecule has 19 heavy (non-hydrogen) atoms. The Kier molecular flexibility index (Phi) is 5.69. The van der Waals surface area contributed by atoms with Gasteiger partial charge >= 0.3 is 0 Å². The van der Waals surface area contributed by atoms with Gasteiger partial charge in [0.25, 0.3) is 0 Å². The van der Waals surface area contributed by atoms with E-state index in [9.17, 15) is 4.79 Å². The monoisotopic (exact) mass is 288 g/mol. The van der Waals surface area contributed by atoms with E-state index in [0.717, 1.165) is 19.3 Å². The van der Waals surface area contributed by atoms with Crippen molar-refractivity contribution in [3.63, 3.8) is 0 Å². The summed E-state index contributed by atoms with van der Waals surface area (Å²) < 4.78 is 0. The number of rotatable bonds is 3. The van der Waals surface area contributed by atoms with E-state index >= 15 is 0 Å². The predicted octanol–water partition coefficient (Wildman–Crippen LogP) is 2.98. The Morgan fingerprint density at radius 1 is 1.21 bits per heavy atom. The van der Waals surface area contributed by atoms with E-state index in [0.29, 0.717) is 30.5 Å². The molecule has 0 radical (unpaired) electrons. The third-order valence-corrected chi connectivity index (χ3v) is 4.48. The molecule has 0 aromatic rings. The highest BCUT2D eigenvalue weighted by Gasteiger charge is 2.36. The fourth-order valence-electron chi connectivity index (χ4n) is 3.21. The quantitative estimate of drug-likeness (QED) is 0.866. The summed E-state index contributed by atoms with van der Waals surface area (Å²) in [6.45, 7) is 6.60. The highest BCUT2D eigenvalue weighted by molar-refractivity contribution is 5.85. The Hall–Kier alpha value is -0.280. The van der Waals surface area contributed by atoms with Crippen molar-refractivity contribution in [3.8, 4) is 0 Å². The van der Waals surface area contributed by atoms with Crippen molar-refractivity contribution in [1.82, 2.24) is 10.2 Å². The van der Waals surface area contributed by atoms with Gasteiger partial charge in [0.15, 0.2) is 0 Å². The minimum Gasteiger partial charge on any atom is -0.343 e. The Morgan fingerprint density at radius 3 is 2.21 bits per heavy atom. The maximum Gasteiger partial charge on any atom is 0.222 e. The first-order chi connectivity index (χ1) is 8.35. The molecule has 112 valence electrons. The fourth-order valence-corrected chi connectivity index (χ4v) is 3.21. The third-order valence-electron chi connectivity index (χ3n) is 4.48. The first-order valence-corrected chi connectivity index (χ1v) is 7.37. The Morgan fingerprint density at radius 2 is 1.74 bits per heavy atom. The zero-order valence-corrected chi connectivity index (χ0v) is 13.6. The third kappa shape index (κ3) is 4.64. The molecule has 2 saturated heterocycles. The molecule has 0 aliphatic carbocycles. The summed E-state index contributed by atoms with van der Waals surface area (Å²) >= 11 is 0. The summed E-state index contributed by atoms with van der Waals surface area (Å²) in [4.78, 5) is 14.3. The molecule has 1 amide bonds. The summed E-state index contributed by atoms with van der Waals surface area (Å²) in [6.07, 6.45) is 6.56. The van der Waals surface area contributed by atoms with E-state index < -0.39 is 0 Å². The van der Waals surface area contributed by atoms with Crippen LogP contribution in [0.4, 0.5) is 0 Å². The van der Waals surface area contributed by atoms with Gasteiger partial charge < -0.3 is 10.2 Å². The largest absolute Gasteiger partial charge is 0.343 e. The minimum absolute atomic E-state index is 0.